The van der Waals surface area contributed by atoms with Crippen LogP contribution in [0.1, 0.15) is 56.6 Å². The molecule has 2 N–H and O–H groups in total. The van der Waals surface area contributed by atoms with E-state index in [0.717, 1.165) is 30.2 Å². The summed E-state index contributed by atoms with van der Waals surface area (Å²) in [5, 5.41) is 0. The van der Waals surface area contributed by atoms with Crippen LogP contribution in [-0.4, -0.2) is 0 Å². The van der Waals surface area contributed by atoms with Crippen molar-refractivity contribution < 1.29 is 8.78 Å². The van der Waals surface area contributed by atoms with Crippen molar-refractivity contribution >= 4 is 0 Å². The van der Waals surface area contributed by atoms with E-state index in [0.29, 0.717) is 11.0 Å². The first-order valence-electron chi connectivity index (χ1n) is 8.24. The van der Waals surface area contributed by atoms with Crippen LogP contribution in [0.25, 0.3) is 0 Å². The number of hydrogen-bond acceptors (Lipinski definition) is 1. The Hall–Kier alpha value is -0.960. The number of halogens is 2. The first-order chi connectivity index (χ1) is 10.0. The SMILES string of the molecule is NC(CC12CC3CC(CC(C3)C1)C2)c1cccc(F)c1F. The molecule has 4 aliphatic rings. The summed E-state index contributed by atoms with van der Waals surface area (Å²) in [5.41, 5.74) is 6.93. The van der Waals surface area contributed by atoms with Crippen LogP contribution in [0.2, 0.25) is 0 Å². The van der Waals surface area contributed by atoms with Crippen molar-refractivity contribution in [3.8, 4) is 0 Å². The molecular formula is C18H23F2N. The molecule has 4 bridgehead atoms. The molecule has 1 nitrogen and oxygen atoms in total. The van der Waals surface area contributed by atoms with Gasteiger partial charge in [0.15, 0.2) is 11.6 Å². The molecule has 4 fully saturated rings. The van der Waals surface area contributed by atoms with E-state index in [2.05, 4.69) is 0 Å². The minimum Gasteiger partial charge on any atom is -0.324 e. The van der Waals surface area contributed by atoms with Crippen molar-refractivity contribution in [3.05, 3.63) is 35.4 Å². The van der Waals surface area contributed by atoms with Gasteiger partial charge >= 0.3 is 0 Å². The summed E-state index contributed by atoms with van der Waals surface area (Å²) in [6.45, 7) is 0. The molecule has 4 aliphatic carbocycles. The summed E-state index contributed by atoms with van der Waals surface area (Å²) in [7, 11) is 0. The molecule has 4 saturated carbocycles. The lowest BCUT2D eigenvalue weighted by molar-refractivity contribution is -0.0606. The van der Waals surface area contributed by atoms with E-state index in [1.807, 2.05) is 0 Å². The quantitative estimate of drug-likeness (QED) is 0.867. The van der Waals surface area contributed by atoms with Gasteiger partial charge in [-0.1, -0.05) is 12.1 Å². The minimum atomic E-state index is -0.784. The van der Waals surface area contributed by atoms with E-state index in [1.165, 1.54) is 38.5 Å². The van der Waals surface area contributed by atoms with Gasteiger partial charge in [-0.2, -0.15) is 0 Å². The fraction of sp³-hybridized carbons (Fsp3) is 0.667. The van der Waals surface area contributed by atoms with E-state index < -0.39 is 11.6 Å². The van der Waals surface area contributed by atoms with E-state index in [9.17, 15) is 8.78 Å². The Morgan fingerprint density at radius 3 is 2.19 bits per heavy atom. The number of hydrogen-bond donors (Lipinski definition) is 1. The zero-order valence-electron chi connectivity index (χ0n) is 12.3. The van der Waals surface area contributed by atoms with E-state index >= 15 is 0 Å². The summed E-state index contributed by atoms with van der Waals surface area (Å²) < 4.78 is 27.4. The summed E-state index contributed by atoms with van der Waals surface area (Å²) >= 11 is 0. The lowest BCUT2D eigenvalue weighted by Gasteiger charge is -2.57. The summed E-state index contributed by atoms with van der Waals surface area (Å²) in [4.78, 5) is 0. The van der Waals surface area contributed by atoms with Crippen molar-refractivity contribution in [1.82, 2.24) is 0 Å². The molecule has 0 aromatic heterocycles. The standard InChI is InChI=1S/C18H23F2N/c19-15-3-1-2-14(17(15)20)16(21)10-18-7-11-4-12(8-18)6-13(5-11)9-18/h1-3,11-13,16H,4-10,21H2. The second-order valence-corrected chi connectivity index (χ2v) is 7.87. The molecule has 1 unspecified atom stereocenters. The van der Waals surface area contributed by atoms with Gasteiger partial charge in [0.2, 0.25) is 0 Å². The molecule has 0 spiro atoms. The molecule has 1 aromatic rings. The van der Waals surface area contributed by atoms with Gasteiger partial charge in [-0.25, -0.2) is 8.78 Å². The van der Waals surface area contributed by atoms with E-state index in [-0.39, 0.29) is 6.04 Å². The van der Waals surface area contributed by atoms with Crippen LogP contribution in [0.5, 0.6) is 0 Å². The largest absolute Gasteiger partial charge is 0.324 e. The third kappa shape index (κ3) is 2.30. The predicted octanol–water partition coefficient (Wildman–Crippen LogP) is 4.57. The van der Waals surface area contributed by atoms with Gasteiger partial charge in [0, 0.05) is 11.6 Å². The maximum Gasteiger partial charge on any atom is 0.163 e. The van der Waals surface area contributed by atoms with Crippen molar-refractivity contribution in [2.75, 3.05) is 0 Å². The highest BCUT2D eigenvalue weighted by Gasteiger charge is 2.51. The highest BCUT2D eigenvalue weighted by atomic mass is 19.2. The molecule has 0 radical (unpaired) electrons. The van der Waals surface area contributed by atoms with Crippen LogP contribution < -0.4 is 5.73 Å². The fourth-order valence-electron chi connectivity index (χ4n) is 5.92. The third-order valence-corrected chi connectivity index (χ3v) is 6.20. The molecular weight excluding hydrogens is 268 g/mol. The van der Waals surface area contributed by atoms with Crippen LogP contribution in [0, 0.1) is 34.8 Å². The van der Waals surface area contributed by atoms with Gasteiger partial charge in [0.25, 0.3) is 0 Å². The Kier molecular flexibility index (Phi) is 3.11. The molecule has 0 saturated heterocycles. The molecule has 0 aliphatic heterocycles. The zero-order chi connectivity index (χ0) is 14.6. The Balaban J connectivity index is 1.57. The van der Waals surface area contributed by atoms with Crippen molar-refractivity contribution in [2.24, 2.45) is 28.9 Å². The van der Waals surface area contributed by atoms with Crippen LogP contribution in [-0.2, 0) is 0 Å². The number of rotatable bonds is 3. The molecule has 114 valence electrons. The Labute approximate surface area is 124 Å². The fourth-order valence-corrected chi connectivity index (χ4v) is 5.92. The van der Waals surface area contributed by atoms with Crippen molar-refractivity contribution in [2.45, 2.75) is 51.0 Å². The van der Waals surface area contributed by atoms with Gasteiger partial charge in [-0.05, 0) is 74.2 Å². The molecule has 0 heterocycles. The Bertz CT molecular complexity index is 519. The Morgan fingerprint density at radius 1 is 1.05 bits per heavy atom. The van der Waals surface area contributed by atoms with Gasteiger partial charge in [-0.3, -0.25) is 0 Å². The minimum absolute atomic E-state index is 0.299. The van der Waals surface area contributed by atoms with Gasteiger partial charge in [0.1, 0.15) is 0 Å². The second-order valence-electron chi connectivity index (χ2n) is 7.87. The van der Waals surface area contributed by atoms with Crippen LogP contribution in [0.4, 0.5) is 8.78 Å². The molecule has 0 amide bonds. The van der Waals surface area contributed by atoms with Crippen molar-refractivity contribution in [1.29, 1.82) is 0 Å². The first kappa shape index (κ1) is 13.7. The van der Waals surface area contributed by atoms with Gasteiger partial charge in [0.05, 0.1) is 0 Å². The number of benzene rings is 1. The lowest BCUT2D eigenvalue weighted by atomic mass is 9.48. The molecule has 1 atom stereocenters. The van der Waals surface area contributed by atoms with E-state index in [4.69, 9.17) is 5.73 Å². The van der Waals surface area contributed by atoms with E-state index in [1.54, 1.807) is 12.1 Å². The molecule has 21 heavy (non-hydrogen) atoms. The van der Waals surface area contributed by atoms with Crippen LogP contribution in [0.15, 0.2) is 18.2 Å². The average molecular weight is 291 g/mol. The first-order valence-corrected chi connectivity index (χ1v) is 8.24. The van der Waals surface area contributed by atoms with Crippen molar-refractivity contribution in [3.63, 3.8) is 0 Å². The van der Waals surface area contributed by atoms with Crippen LogP contribution in [0.3, 0.4) is 0 Å². The third-order valence-electron chi connectivity index (χ3n) is 6.20. The molecule has 3 heteroatoms. The second kappa shape index (κ2) is 4.77. The summed E-state index contributed by atoms with van der Waals surface area (Å²) in [5.74, 6) is 1.05. The predicted molar refractivity (Wildman–Crippen MR) is 78.5 cm³/mol. The maximum atomic E-state index is 14.0. The smallest absolute Gasteiger partial charge is 0.163 e. The monoisotopic (exact) mass is 291 g/mol. The lowest BCUT2D eigenvalue weighted by Crippen LogP contribution is -2.47. The summed E-state index contributed by atoms with van der Waals surface area (Å²) in [6, 6.07) is 3.99. The molecule has 5 rings (SSSR count). The molecule has 1 aromatic carbocycles. The highest BCUT2D eigenvalue weighted by molar-refractivity contribution is 5.23. The Morgan fingerprint density at radius 2 is 1.62 bits per heavy atom. The normalized spacial score (nSPS) is 38.7. The number of nitrogens with two attached hydrogens (primary N) is 1. The topological polar surface area (TPSA) is 26.0 Å². The van der Waals surface area contributed by atoms with Gasteiger partial charge in [-0.15, -0.1) is 0 Å². The van der Waals surface area contributed by atoms with Crippen LogP contribution >= 0.6 is 0 Å². The summed E-state index contributed by atoms with van der Waals surface area (Å²) in [6.07, 6.45) is 8.75. The average Bonchev–Trinajstić information content (AvgIpc) is 2.39. The maximum absolute atomic E-state index is 14.0. The highest BCUT2D eigenvalue weighted by Crippen LogP contribution is 2.62. The zero-order valence-corrected chi connectivity index (χ0v) is 12.3. The van der Waals surface area contributed by atoms with Gasteiger partial charge < -0.3 is 5.73 Å².